The number of benzene rings is 1. The van der Waals surface area contributed by atoms with Crippen LogP contribution >= 0.6 is 11.6 Å². The average molecular weight is 283 g/mol. The van der Waals surface area contributed by atoms with Gasteiger partial charge in [0.15, 0.2) is 0 Å². The molecule has 0 spiro atoms. The van der Waals surface area contributed by atoms with E-state index in [9.17, 15) is 4.79 Å². The second-order valence-electron chi connectivity index (χ2n) is 4.96. The van der Waals surface area contributed by atoms with Gasteiger partial charge in [0.1, 0.15) is 11.5 Å². The van der Waals surface area contributed by atoms with Crippen LogP contribution in [0.15, 0.2) is 6.07 Å². The Kier molecular flexibility index (Phi) is 6.36. The lowest BCUT2D eigenvalue weighted by Gasteiger charge is -2.15. The maximum absolute atomic E-state index is 11.5. The molecule has 0 saturated carbocycles. The molecule has 0 atom stereocenters. The van der Waals surface area contributed by atoms with Crippen LogP contribution in [0.5, 0.6) is 5.75 Å². The van der Waals surface area contributed by atoms with Gasteiger partial charge in [-0.25, -0.2) is 0 Å². The molecule has 0 aromatic heterocycles. The predicted molar refractivity (Wildman–Crippen MR) is 80.3 cm³/mol. The molecule has 0 amide bonds. The molecule has 106 valence electrons. The fourth-order valence-corrected chi connectivity index (χ4v) is 2.49. The van der Waals surface area contributed by atoms with Crippen molar-refractivity contribution in [2.45, 2.75) is 52.9 Å². The van der Waals surface area contributed by atoms with Crippen molar-refractivity contribution in [3.8, 4) is 5.75 Å². The summed E-state index contributed by atoms with van der Waals surface area (Å²) in [5.41, 5.74) is 3.23. The third kappa shape index (κ3) is 4.24. The lowest BCUT2D eigenvalue weighted by Crippen LogP contribution is -2.01. The number of carbonyl (C=O) groups is 1. The van der Waals surface area contributed by atoms with Crippen molar-refractivity contribution in [2.75, 3.05) is 7.11 Å². The predicted octanol–water partition coefficient (Wildman–Crippen LogP) is 4.66. The Morgan fingerprint density at radius 2 is 2.00 bits per heavy atom. The van der Waals surface area contributed by atoms with Gasteiger partial charge in [-0.3, -0.25) is 4.79 Å². The number of carbonyl (C=O) groups excluding carboxylic acids is 1. The van der Waals surface area contributed by atoms with E-state index < -0.39 is 0 Å². The van der Waals surface area contributed by atoms with E-state index in [2.05, 4.69) is 0 Å². The molecule has 0 aliphatic rings. The lowest BCUT2D eigenvalue weighted by atomic mass is 9.98. The van der Waals surface area contributed by atoms with Crippen LogP contribution in [0.3, 0.4) is 0 Å². The molecule has 1 rings (SSSR count). The average Bonchev–Trinajstić information content (AvgIpc) is 2.38. The van der Waals surface area contributed by atoms with E-state index in [1.807, 2.05) is 26.8 Å². The number of methoxy groups -OCH3 is 1. The van der Waals surface area contributed by atoms with Gasteiger partial charge in [0.25, 0.3) is 0 Å². The maximum atomic E-state index is 11.5. The van der Waals surface area contributed by atoms with Gasteiger partial charge in [-0.15, -0.1) is 0 Å². The smallest absolute Gasteiger partial charge is 0.132 e. The van der Waals surface area contributed by atoms with Crippen LogP contribution in [-0.4, -0.2) is 12.9 Å². The number of aryl methyl sites for hydroxylation is 1. The molecular weight excluding hydrogens is 260 g/mol. The Morgan fingerprint density at radius 3 is 2.58 bits per heavy atom. The summed E-state index contributed by atoms with van der Waals surface area (Å²) in [5.74, 6) is 1.22. The Morgan fingerprint density at radius 1 is 1.32 bits per heavy atom. The van der Waals surface area contributed by atoms with Crippen LogP contribution in [0.2, 0.25) is 5.02 Å². The van der Waals surface area contributed by atoms with Crippen LogP contribution in [0.1, 0.15) is 49.3 Å². The molecule has 0 heterocycles. The molecule has 3 heteroatoms. The van der Waals surface area contributed by atoms with E-state index >= 15 is 0 Å². The molecule has 0 aliphatic carbocycles. The van der Waals surface area contributed by atoms with E-state index in [1.54, 1.807) is 7.11 Å². The normalized spacial score (nSPS) is 10.6. The van der Waals surface area contributed by atoms with Crippen LogP contribution in [-0.2, 0) is 11.2 Å². The zero-order chi connectivity index (χ0) is 14.4. The highest BCUT2D eigenvalue weighted by Crippen LogP contribution is 2.32. The number of Topliss-reactive ketones (excluding diaryl/α,β-unsaturated/α-hetero) is 1. The molecule has 0 unspecified atom stereocenters. The zero-order valence-corrected chi connectivity index (χ0v) is 13.1. The first-order chi connectivity index (χ1) is 9.01. The summed E-state index contributed by atoms with van der Waals surface area (Å²) >= 11 is 6.28. The molecule has 0 N–H and O–H groups in total. The summed E-state index contributed by atoms with van der Waals surface area (Å²) < 4.78 is 5.42. The number of ketones is 1. The van der Waals surface area contributed by atoms with E-state index in [-0.39, 0.29) is 0 Å². The molecule has 1 aromatic carbocycles. The fourth-order valence-electron chi connectivity index (χ4n) is 2.32. The molecule has 0 radical (unpaired) electrons. The van der Waals surface area contributed by atoms with Crippen LogP contribution in [0.4, 0.5) is 0 Å². The SMILES string of the molecule is CCCC(=O)CCCc1c(OC)cc(C)c(Cl)c1C. The third-order valence-corrected chi connectivity index (χ3v) is 3.99. The van der Waals surface area contributed by atoms with Crippen molar-refractivity contribution < 1.29 is 9.53 Å². The van der Waals surface area contributed by atoms with Crippen LogP contribution in [0.25, 0.3) is 0 Å². The van der Waals surface area contributed by atoms with E-state index in [1.165, 1.54) is 0 Å². The topological polar surface area (TPSA) is 26.3 Å². The largest absolute Gasteiger partial charge is 0.496 e. The Bertz CT molecular complexity index is 453. The Hall–Kier alpha value is -1.02. The molecule has 19 heavy (non-hydrogen) atoms. The summed E-state index contributed by atoms with van der Waals surface area (Å²) in [6.07, 6.45) is 3.95. The number of halogens is 1. The van der Waals surface area contributed by atoms with Gasteiger partial charge < -0.3 is 4.74 Å². The van der Waals surface area contributed by atoms with Crippen LogP contribution in [0, 0.1) is 13.8 Å². The Balaban J connectivity index is 2.77. The van der Waals surface area contributed by atoms with E-state index in [0.717, 1.165) is 46.7 Å². The quantitative estimate of drug-likeness (QED) is 0.727. The van der Waals surface area contributed by atoms with Crippen molar-refractivity contribution in [1.82, 2.24) is 0 Å². The Labute approximate surface area is 121 Å². The summed E-state index contributed by atoms with van der Waals surface area (Å²) in [7, 11) is 1.67. The zero-order valence-electron chi connectivity index (χ0n) is 12.3. The minimum absolute atomic E-state index is 0.345. The van der Waals surface area contributed by atoms with Gasteiger partial charge in [-0.05, 0) is 55.9 Å². The highest BCUT2D eigenvalue weighted by Gasteiger charge is 2.13. The van der Waals surface area contributed by atoms with Crippen molar-refractivity contribution in [3.05, 3.63) is 27.8 Å². The summed E-state index contributed by atoms with van der Waals surface area (Å²) in [4.78, 5) is 11.5. The molecular formula is C16H23ClO2. The van der Waals surface area contributed by atoms with Gasteiger partial charge in [0, 0.05) is 17.9 Å². The van der Waals surface area contributed by atoms with E-state index in [4.69, 9.17) is 16.3 Å². The van der Waals surface area contributed by atoms with Gasteiger partial charge >= 0.3 is 0 Å². The van der Waals surface area contributed by atoms with Gasteiger partial charge in [-0.2, -0.15) is 0 Å². The number of hydrogen-bond donors (Lipinski definition) is 0. The third-order valence-electron chi connectivity index (χ3n) is 3.40. The number of rotatable bonds is 7. The monoisotopic (exact) mass is 282 g/mol. The van der Waals surface area contributed by atoms with Gasteiger partial charge in [-0.1, -0.05) is 18.5 Å². The highest BCUT2D eigenvalue weighted by atomic mass is 35.5. The van der Waals surface area contributed by atoms with Crippen molar-refractivity contribution in [3.63, 3.8) is 0 Å². The number of hydrogen-bond acceptors (Lipinski definition) is 2. The highest BCUT2D eigenvalue weighted by molar-refractivity contribution is 6.32. The lowest BCUT2D eigenvalue weighted by molar-refractivity contribution is -0.119. The van der Waals surface area contributed by atoms with Gasteiger partial charge in [0.2, 0.25) is 0 Å². The first-order valence-electron chi connectivity index (χ1n) is 6.85. The first-order valence-corrected chi connectivity index (χ1v) is 7.23. The van der Waals surface area contributed by atoms with Crippen molar-refractivity contribution in [1.29, 1.82) is 0 Å². The summed E-state index contributed by atoms with van der Waals surface area (Å²) in [6, 6.07) is 1.97. The standard InChI is InChI=1S/C16H23ClO2/c1-5-7-13(18)8-6-9-14-12(3)16(17)11(2)10-15(14)19-4/h10H,5-9H2,1-4H3. The second-order valence-corrected chi connectivity index (χ2v) is 5.33. The van der Waals surface area contributed by atoms with Crippen molar-refractivity contribution in [2.24, 2.45) is 0 Å². The minimum atomic E-state index is 0.345. The minimum Gasteiger partial charge on any atom is -0.496 e. The van der Waals surface area contributed by atoms with E-state index in [0.29, 0.717) is 18.6 Å². The molecule has 0 saturated heterocycles. The summed E-state index contributed by atoms with van der Waals surface area (Å²) in [6.45, 7) is 6.03. The van der Waals surface area contributed by atoms with Crippen molar-refractivity contribution >= 4 is 17.4 Å². The molecule has 2 nitrogen and oxygen atoms in total. The maximum Gasteiger partial charge on any atom is 0.132 e. The second kappa shape index (κ2) is 7.54. The first kappa shape index (κ1) is 16.0. The fraction of sp³-hybridized carbons (Fsp3) is 0.562. The number of ether oxygens (including phenoxy) is 1. The molecule has 0 aliphatic heterocycles. The molecule has 0 bridgehead atoms. The molecule has 1 aromatic rings. The summed E-state index contributed by atoms with van der Waals surface area (Å²) in [5, 5.41) is 0.802. The van der Waals surface area contributed by atoms with Crippen LogP contribution < -0.4 is 4.74 Å². The molecule has 0 fully saturated rings. The van der Waals surface area contributed by atoms with Gasteiger partial charge in [0.05, 0.1) is 7.11 Å².